The zero-order valence-electron chi connectivity index (χ0n) is 17.1. The average Bonchev–Trinajstić information content (AvgIpc) is 3.18. The maximum Gasteiger partial charge on any atom is 0.183 e. The van der Waals surface area contributed by atoms with Gasteiger partial charge in [0, 0.05) is 16.7 Å². The van der Waals surface area contributed by atoms with Crippen molar-refractivity contribution in [3.05, 3.63) is 65.7 Å². The molecule has 1 aromatic carbocycles. The van der Waals surface area contributed by atoms with Crippen LogP contribution in [0.25, 0.3) is 0 Å². The number of hydrogen-bond acceptors (Lipinski definition) is 5. The predicted molar refractivity (Wildman–Crippen MR) is 120 cm³/mol. The first-order valence-corrected chi connectivity index (χ1v) is 12.4. The quantitative estimate of drug-likeness (QED) is 0.611. The van der Waals surface area contributed by atoms with Crippen LogP contribution in [0, 0.1) is 28.6 Å². The van der Waals surface area contributed by atoms with Crippen LogP contribution in [-0.4, -0.2) is 21.3 Å². The number of nitrogens with zero attached hydrogens (tertiary/aromatic N) is 4. The molecule has 1 spiro atoms. The number of allylic oxidation sites excluding steroid dienone is 2. The molecule has 0 saturated heterocycles. The van der Waals surface area contributed by atoms with Gasteiger partial charge < -0.3 is 4.90 Å². The van der Waals surface area contributed by atoms with Gasteiger partial charge >= 0.3 is 0 Å². The molecule has 7 unspecified atom stereocenters. The maximum atomic E-state index is 10.1. The van der Waals surface area contributed by atoms with E-state index in [4.69, 9.17) is 9.97 Å². The third-order valence-corrected chi connectivity index (χ3v) is 10.5. The second-order valence-corrected chi connectivity index (χ2v) is 11.3. The Morgan fingerprint density at radius 1 is 1.03 bits per heavy atom. The molecule has 1 aromatic heterocycles. The first-order chi connectivity index (χ1) is 15.3. The Morgan fingerprint density at radius 3 is 2.81 bits per heavy atom. The van der Waals surface area contributed by atoms with Gasteiger partial charge in [-0.3, -0.25) is 0 Å². The van der Waals surface area contributed by atoms with Crippen molar-refractivity contribution in [1.82, 2.24) is 9.97 Å². The number of rotatable bonds is 1. The summed E-state index contributed by atoms with van der Waals surface area (Å²) in [6, 6.07) is 11.1. The molecule has 2 heterocycles. The molecular formula is C26H22N4S. The molecule has 7 atom stereocenters. The number of anilines is 2. The maximum absolute atomic E-state index is 10.1. The first-order valence-electron chi connectivity index (χ1n) is 11.5. The molecular weight excluding hydrogens is 400 g/mol. The van der Waals surface area contributed by atoms with Crippen LogP contribution >= 0.6 is 11.8 Å². The van der Waals surface area contributed by atoms with Crippen molar-refractivity contribution in [2.45, 2.75) is 53.7 Å². The monoisotopic (exact) mass is 422 g/mol. The summed E-state index contributed by atoms with van der Waals surface area (Å²) in [7, 11) is 0. The molecule has 2 aromatic rings. The normalized spacial score (nSPS) is 39.4. The number of fused-ring (bicyclic) bond motifs is 6. The van der Waals surface area contributed by atoms with Crippen LogP contribution in [0.15, 0.2) is 53.5 Å². The molecule has 152 valence electrons. The summed E-state index contributed by atoms with van der Waals surface area (Å²) in [5.74, 6) is 3.64. The Labute approximate surface area is 186 Å². The highest BCUT2D eigenvalue weighted by Crippen LogP contribution is 2.81. The van der Waals surface area contributed by atoms with Crippen molar-refractivity contribution in [3.8, 4) is 6.07 Å². The van der Waals surface area contributed by atoms with Crippen LogP contribution < -0.4 is 4.90 Å². The van der Waals surface area contributed by atoms with Gasteiger partial charge in [0.2, 0.25) is 0 Å². The van der Waals surface area contributed by atoms with Gasteiger partial charge in [0.05, 0.1) is 28.4 Å². The molecule has 0 radical (unpaired) electrons. The molecule has 5 aliphatic carbocycles. The third-order valence-electron chi connectivity index (χ3n) is 9.15. The minimum Gasteiger partial charge on any atom is -0.314 e. The van der Waals surface area contributed by atoms with Crippen molar-refractivity contribution >= 4 is 23.3 Å². The number of nitriles is 1. The van der Waals surface area contributed by atoms with E-state index in [1.807, 2.05) is 11.8 Å². The van der Waals surface area contributed by atoms with Crippen LogP contribution in [0.3, 0.4) is 0 Å². The van der Waals surface area contributed by atoms with Crippen molar-refractivity contribution in [2.24, 2.45) is 17.3 Å². The zero-order valence-corrected chi connectivity index (χ0v) is 17.9. The molecule has 2 bridgehead atoms. The van der Waals surface area contributed by atoms with E-state index in [1.165, 1.54) is 36.3 Å². The fourth-order valence-electron chi connectivity index (χ4n) is 7.89. The molecule has 0 N–H and O–H groups in total. The molecule has 1 aliphatic heterocycles. The lowest BCUT2D eigenvalue weighted by Crippen LogP contribution is -2.59. The number of aromatic nitrogens is 2. The molecule has 4 nitrogen and oxygen atoms in total. The summed E-state index contributed by atoms with van der Waals surface area (Å²) in [5, 5.41) is 10.4. The molecule has 0 amide bonds. The number of benzene rings is 1. The lowest BCUT2D eigenvalue weighted by atomic mass is 9.37. The molecule has 8 rings (SSSR count). The summed E-state index contributed by atoms with van der Waals surface area (Å²) < 4.78 is 0. The lowest BCUT2D eigenvalue weighted by Gasteiger charge is -2.67. The SMILES string of the molecule is N#Cc1nc2c(nc1N1c3ccccc3SC3C=CC=CC31)C1CC3CC4CC2CC431. The Balaban J connectivity index is 1.34. The van der Waals surface area contributed by atoms with E-state index in [0.29, 0.717) is 28.2 Å². The number of hydrogen-bond donors (Lipinski definition) is 0. The van der Waals surface area contributed by atoms with E-state index in [0.717, 1.165) is 29.0 Å². The van der Waals surface area contributed by atoms with Crippen molar-refractivity contribution < 1.29 is 0 Å². The molecule has 31 heavy (non-hydrogen) atoms. The van der Waals surface area contributed by atoms with Gasteiger partial charge in [-0.1, -0.05) is 36.4 Å². The predicted octanol–water partition coefficient (Wildman–Crippen LogP) is 5.46. The Kier molecular flexibility index (Phi) is 3.08. The summed E-state index contributed by atoms with van der Waals surface area (Å²) in [6.07, 6.45) is 14.0. The van der Waals surface area contributed by atoms with Crippen molar-refractivity contribution in [2.75, 3.05) is 4.90 Å². The first kappa shape index (κ1) is 17.0. The van der Waals surface area contributed by atoms with Gasteiger partial charge in [0.1, 0.15) is 6.07 Å². The van der Waals surface area contributed by atoms with E-state index in [1.54, 1.807) is 0 Å². The summed E-state index contributed by atoms with van der Waals surface area (Å²) in [5.41, 5.74) is 4.55. The molecule has 3 fully saturated rings. The van der Waals surface area contributed by atoms with Crippen LogP contribution in [0.2, 0.25) is 0 Å². The minimum atomic E-state index is 0.147. The molecule has 3 saturated carbocycles. The number of thioether (sulfide) groups is 1. The van der Waals surface area contributed by atoms with Gasteiger partial charge in [0.15, 0.2) is 11.5 Å². The standard InChI is InChI=1S/C26H22N4S/c27-13-18-25(30-19-5-1-3-7-21(19)31-22-8-4-2-6-20(22)30)29-24-17-11-16-10-15-9-14(23(24)28-18)12-26(15,16)17/h1-8,14-17,19,21H,9-12H2. The van der Waals surface area contributed by atoms with Gasteiger partial charge in [-0.15, -0.1) is 11.8 Å². The van der Waals surface area contributed by atoms with E-state index in [2.05, 4.69) is 59.5 Å². The summed E-state index contributed by atoms with van der Waals surface area (Å²) >= 11 is 1.90. The topological polar surface area (TPSA) is 52.8 Å². The fraction of sp³-hybridized carbons (Fsp3) is 0.423. The summed E-state index contributed by atoms with van der Waals surface area (Å²) in [4.78, 5) is 13.9. The molecule has 6 aliphatic rings. The van der Waals surface area contributed by atoms with Crippen LogP contribution in [0.1, 0.15) is 54.6 Å². The Hall–Kier alpha value is -2.58. The van der Waals surface area contributed by atoms with Gasteiger partial charge in [0.25, 0.3) is 0 Å². The largest absolute Gasteiger partial charge is 0.314 e. The highest BCUT2D eigenvalue weighted by Gasteiger charge is 2.73. The van der Waals surface area contributed by atoms with Crippen molar-refractivity contribution in [1.29, 1.82) is 5.26 Å². The number of para-hydroxylation sites is 1. The van der Waals surface area contributed by atoms with Gasteiger partial charge in [-0.2, -0.15) is 5.26 Å². The van der Waals surface area contributed by atoms with Crippen LogP contribution in [-0.2, 0) is 0 Å². The second-order valence-electron chi connectivity index (χ2n) is 10.1. The summed E-state index contributed by atoms with van der Waals surface area (Å²) in [6.45, 7) is 0. The third kappa shape index (κ3) is 1.91. The Bertz CT molecular complexity index is 1260. The highest BCUT2D eigenvalue weighted by atomic mass is 32.2. The molecule has 5 heteroatoms. The fourth-order valence-corrected chi connectivity index (χ4v) is 9.15. The van der Waals surface area contributed by atoms with Gasteiger partial charge in [-0.25, -0.2) is 9.97 Å². The van der Waals surface area contributed by atoms with Crippen LogP contribution in [0.5, 0.6) is 0 Å². The van der Waals surface area contributed by atoms with Gasteiger partial charge in [-0.05, 0) is 55.1 Å². The zero-order chi connectivity index (χ0) is 20.3. The highest BCUT2D eigenvalue weighted by molar-refractivity contribution is 8.00. The van der Waals surface area contributed by atoms with Crippen molar-refractivity contribution in [3.63, 3.8) is 0 Å². The Morgan fingerprint density at radius 2 is 1.90 bits per heavy atom. The van der Waals surface area contributed by atoms with E-state index in [-0.39, 0.29) is 6.04 Å². The van der Waals surface area contributed by atoms with E-state index < -0.39 is 0 Å². The smallest absolute Gasteiger partial charge is 0.183 e. The second kappa shape index (κ2) is 5.61. The van der Waals surface area contributed by atoms with E-state index >= 15 is 0 Å². The van der Waals surface area contributed by atoms with Crippen LogP contribution in [0.4, 0.5) is 11.5 Å². The average molecular weight is 423 g/mol. The van der Waals surface area contributed by atoms with E-state index in [9.17, 15) is 5.26 Å². The minimum absolute atomic E-state index is 0.147. The lowest BCUT2D eigenvalue weighted by molar-refractivity contribution is -0.148.